The van der Waals surface area contributed by atoms with Crippen LogP contribution in [-0.2, 0) is 0 Å². The van der Waals surface area contributed by atoms with Gasteiger partial charge < -0.3 is 5.32 Å². The highest BCUT2D eigenvalue weighted by atomic mass is 79.9. The summed E-state index contributed by atoms with van der Waals surface area (Å²) in [4.78, 5) is 12.2. The maximum absolute atomic E-state index is 13.5. The molecule has 20 heavy (non-hydrogen) atoms. The average molecular weight is 336 g/mol. The summed E-state index contributed by atoms with van der Waals surface area (Å²) in [5.74, 6) is -0.632. The van der Waals surface area contributed by atoms with Crippen LogP contribution in [0.5, 0.6) is 0 Å². The van der Waals surface area contributed by atoms with Gasteiger partial charge in [-0.05, 0) is 66.5 Å². The van der Waals surface area contributed by atoms with E-state index in [1.165, 1.54) is 6.07 Å². The molecule has 2 aromatic carbocycles. The molecule has 0 heterocycles. The van der Waals surface area contributed by atoms with Gasteiger partial charge in [0.2, 0.25) is 0 Å². The van der Waals surface area contributed by atoms with E-state index in [-0.39, 0.29) is 5.91 Å². The second-order valence-electron chi connectivity index (χ2n) is 4.91. The van der Waals surface area contributed by atoms with Crippen molar-refractivity contribution in [2.45, 2.75) is 20.8 Å². The number of amides is 1. The topological polar surface area (TPSA) is 29.1 Å². The van der Waals surface area contributed by atoms with E-state index in [1.807, 2.05) is 39.0 Å². The molecule has 4 heteroatoms. The zero-order valence-corrected chi connectivity index (χ0v) is 13.1. The lowest BCUT2D eigenvalue weighted by molar-refractivity contribution is 0.102. The van der Waals surface area contributed by atoms with Crippen LogP contribution in [0.2, 0.25) is 0 Å². The van der Waals surface area contributed by atoms with Crippen molar-refractivity contribution in [2.24, 2.45) is 0 Å². The Bertz CT molecular complexity index is 662. The lowest BCUT2D eigenvalue weighted by Gasteiger charge is -2.10. The van der Waals surface area contributed by atoms with Crippen LogP contribution in [0.1, 0.15) is 27.0 Å². The van der Waals surface area contributed by atoms with Gasteiger partial charge in [0.25, 0.3) is 5.91 Å². The Labute approximate surface area is 126 Å². The molecule has 2 aromatic rings. The standard InChI is InChI=1S/C16H15BrFNO/c1-9-4-10(2)6-12(5-9)16(20)19-15-8-14(18)13(17)7-11(15)3/h4-8H,1-3H3,(H,19,20). The number of nitrogens with one attached hydrogen (secondary N) is 1. The van der Waals surface area contributed by atoms with E-state index in [4.69, 9.17) is 0 Å². The number of hydrogen-bond acceptors (Lipinski definition) is 1. The van der Waals surface area contributed by atoms with Gasteiger partial charge in [0.1, 0.15) is 5.82 Å². The van der Waals surface area contributed by atoms with E-state index in [0.717, 1.165) is 16.7 Å². The number of aryl methyl sites for hydroxylation is 3. The summed E-state index contributed by atoms with van der Waals surface area (Å²) < 4.78 is 13.9. The van der Waals surface area contributed by atoms with Crippen LogP contribution >= 0.6 is 15.9 Å². The molecular formula is C16H15BrFNO. The molecule has 0 aliphatic carbocycles. The molecule has 0 saturated carbocycles. The number of carbonyl (C=O) groups is 1. The van der Waals surface area contributed by atoms with E-state index in [9.17, 15) is 9.18 Å². The molecule has 0 unspecified atom stereocenters. The predicted octanol–water partition coefficient (Wildman–Crippen LogP) is 4.77. The van der Waals surface area contributed by atoms with Gasteiger partial charge >= 0.3 is 0 Å². The summed E-state index contributed by atoms with van der Waals surface area (Å²) in [5, 5.41) is 2.75. The summed E-state index contributed by atoms with van der Waals surface area (Å²) >= 11 is 3.12. The SMILES string of the molecule is Cc1cc(C)cc(C(=O)Nc2cc(F)c(Br)cc2C)c1. The molecule has 104 valence electrons. The number of carbonyl (C=O) groups excluding carboxylic acids is 1. The van der Waals surface area contributed by atoms with Crippen LogP contribution in [0.25, 0.3) is 0 Å². The first-order valence-corrected chi connectivity index (χ1v) is 7.01. The quantitative estimate of drug-likeness (QED) is 0.841. The molecule has 0 aliphatic heterocycles. The molecule has 0 saturated heterocycles. The molecule has 0 aromatic heterocycles. The number of benzene rings is 2. The smallest absolute Gasteiger partial charge is 0.255 e. The van der Waals surface area contributed by atoms with E-state index in [1.54, 1.807) is 6.07 Å². The largest absolute Gasteiger partial charge is 0.322 e. The van der Waals surface area contributed by atoms with Crippen LogP contribution in [0, 0.1) is 26.6 Å². The maximum atomic E-state index is 13.5. The molecule has 0 fully saturated rings. The van der Waals surface area contributed by atoms with Crippen LogP contribution in [0.3, 0.4) is 0 Å². The minimum absolute atomic E-state index is 0.235. The Morgan fingerprint density at radius 3 is 2.25 bits per heavy atom. The van der Waals surface area contributed by atoms with Crippen LogP contribution < -0.4 is 5.32 Å². The van der Waals surface area contributed by atoms with E-state index in [2.05, 4.69) is 21.2 Å². The first-order chi connectivity index (χ1) is 9.36. The van der Waals surface area contributed by atoms with Crippen molar-refractivity contribution in [1.82, 2.24) is 0 Å². The number of anilines is 1. The molecule has 0 bridgehead atoms. The Hall–Kier alpha value is -1.68. The Morgan fingerprint density at radius 2 is 1.65 bits per heavy atom. The minimum atomic E-state index is -0.397. The highest BCUT2D eigenvalue weighted by Gasteiger charge is 2.11. The second-order valence-corrected chi connectivity index (χ2v) is 5.77. The molecule has 0 atom stereocenters. The van der Waals surface area contributed by atoms with Gasteiger partial charge in [-0.15, -0.1) is 0 Å². The highest BCUT2D eigenvalue weighted by molar-refractivity contribution is 9.10. The third-order valence-corrected chi connectivity index (χ3v) is 3.61. The van der Waals surface area contributed by atoms with Crippen molar-refractivity contribution < 1.29 is 9.18 Å². The Kier molecular flexibility index (Phi) is 4.23. The van der Waals surface area contributed by atoms with Crippen molar-refractivity contribution in [3.05, 3.63) is 62.9 Å². The molecule has 0 spiro atoms. The molecule has 1 N–H and O–H groups in total. The third-order valence-electron chi connectivity index (χ3n) is 3.00. The average Bonchev–Trinajstić information content (AvgIpc) is 2.34. The normalized spacial score (nSPS) is 10.4. The van der Waals surface area contributed by atoms with E-state index in [0.29, 0.717) is 15.7 Å². The van der Waals surface area contributed by atoms with Gasteiger partial charge in [0.05, 0.1) is 4.47 Å². The molecule has 2 rings (SSSR count). The van der Waals surface area contributed by atoms with Gasteiger partial charge in [-0.2, -0.15) is 0 Å². The minimum Gasteiger partial charge on any atom is -0.322 e. The van der Waals surface area contributed by atoms with Crippen LogP contribution in [0.15, 0.2) is 34.8 Å². The fourth-order valence-corrected chi connectivity index (χ4v) is 2.54. The third kappa shape index (κ3) is 3.25. The van der Waals surface area contributed by atoms with E-state index >= 15 is 0 Å². The summed E-state index contributed by atoms with van der Waals surface area (Å²) in [7, 11) is 0. The Morgan fingerprint density at radius 1 is 1.05 bits per heavy atom. The second kappa shape index (κ2) is 5.75. The lowest BCUT2D eigenvalue weighted by atomic mass is 10.1. The first-order valence-electron chi connectivity index (χ1n) is 6.22. The Balaban J connectivity index is 2.30. The van der Waals surface area contributed by atoms with Gasteiger partial charge in [-0.25, -0.2) is 4.39 Å². The zero-order chi connectivity index (χ0) is 14.9. The molecule has 0 aliphatic rings. The summed E-state index contributed by atoms with van der Waals surface area (Å²) in [6.45, 7) is 5.70. The van der Waals surface area contributed by atoms with E-state index < -0.39 is 5.82 Å². The van der Waals surface area contributed by atoms with Crippen molar-refractivity contribution in [3.8, 4) is 0 Å². The van der Waals surface area contributed by atoms with Crippen molar-refractivity contribution >= 4 is 27.5 Å². The fraction of sp³-hybridized carbons (Fsp3) is 0.188. The van der Waals surface area contributed by atoms with Gasteiger partial charge in [-0.3, -0.25) is 4.79 Å². The van der Waals surface area contributed by atoms with Crippen LogP contribution in [0.4, 0.5) is 10.1 Å². The monoisotopic (exact) mass is 335 g/mol. The summed E-state index contributed by atoms with van der Waals surface area (Å²) in [5.41, 5.74) is 3.90. The van der Waals surface area contributed by atoms with Crippen molar-refractivity contribution in [2.75, 3.05) is 5.32 Å². The molecule has 0 radical (unpaired) electrons. The maximum Gasteiger partial charge on any atom is 0.255 e. The predicted molar refractivity (Wildman–Crippen MR) is 82.7 cm³/mol. The summed E-state index contributed by atoms with van der Waals surface area (Å²) in [6, 6.07) is 8.59. The van der Waals surface area contributed by atoms with Crippen molar-refractivity contribution in [1.29, 1.82) is 0 Å². The van der Waals surface area contributed by atoms with Crippen LogP contribution in [-0.4, -0.2) is 5.91 Å². The van der Waals surface area contributed by atoms with Gasteiger partial charge in [0, 0.05) is 11.3 Å². The fourth-order valence-electron chi connectivity index (χ4n) is 2.08. The number of halogens is 2. The van der Waals surface area contributed by atoms with Crippen molar-refractivity contribution in [3.63, 3.8) is 0 Å². The van der Waals surface area contributed by atoms with Gasteiger partial charge in [-0.1, -0.05) is 17.2 Å². The molecule has 2 nitrogen and oxygen atoms in total. The summed E-state index contributed by atoms with van der Waals surface area (Å²) in [6.07, 6.45) is 0. The number of rotatable bonds is 2. The molecular weight excluding hydrogens is 321 g/mol. The van der Waals surface area contributed by atoms with Gasteiger partial charge in [0.15, 0.2) is 0 Å². The molecule has 1 amide bonds. The highest BCUT2D eigenvalue weighted by Crippen LogP contribution is 2.24. The first kappa shape index (κ1) is 14.7. The lowest BCUT2D eigenvalue weighted by Crippen LogP contribution is -2.13. The number of hydrogen-bond donors (Lipinski definition) is 1. The zero-order valence-electron chi connectivity index (χ0n) is 11.6.